The molecule has 1 unspecified atom stereocenters. The van der Waals surface area contributed by atoms with Crippen LogP contribution in [0.25, 0.3) is 0 Å². The molecule has 94 valence electrons. The Bertz CT molecular complexity index is 405. The molecule has 0 spiro atoms. The standard InChI is InChI=1S/C12H17BrN2OS/c1-8(2)12-14-10(7-17-12)3-4-15-6-9(13)5-11(15)16/h7-9H,3-6H2,1-2H3. The van der Waals surface area contributed by atoms with Crippen LogP contribution in [-0.4, -0.2) is 33.7 Å². The molecular weight excluding hydrogens is 300 g/mol. The average molecular weight is 317 g/mol. The van der Waals surface area contributed by atoms with Crippen LogP contribution >= 0.6 is 27.3 Å². The van der Waals surface area contributed by atoms with Gasteiger partial charge in [0.15, 0.2) is 0 Å². The molecule has 0 bridgehead atoms. The van der Waals surface area contributed by atoms with Crippen molar-refractivity contribution < 1.29 is 4.79 Å². The topological polar surface area (TPSA) is 33.2 Å². The average Bonchev–Trinajstić information content (AvgIpc) is 2.82. The van der Waals surface area contributed by atoms with Gasteiger partial charge in [-0.2, -0.15) is 0 Å². The summed E-state index contributed by atoms with van der Waals surface area (Å²) in [6.45, 7) is 5.94. The first kappa shape index (κ1) is 13.0. The summed E-state index contributed by atoms with van der Waals surface area (Å²) in [5.41, 5.74) is 1.12. The number of carbonyl (C=O) groups excluding carboxylic acids is 1. The predicted molar refractivity (Wildman–Crippen MR) is 73.8 cm³/mol. The Balaban J connectivity index is 1.87. The number of alkyl halides is 1. The number of hydrogen-bond donors (Lipinski definition) is 0. The molecule has 1 amide bonds. The van der Waals surface area contributed by atoms with Gasteiger partial charge >= 0.3 is 0 Å². The second-order valence-electron chi connectivity index (χ2n) is 4.72. The van der Waals surface area contributed by atoms with E-state index >= 15 is 0 Å². The fourth-order valence-corrected chi connectivity index (χ4v) is 3.39. The summed E-state index contributed by atoms with van der Waals surface area (Å²) in [5, 5.41) is 3.30. The number of rotatable bonds is 4. The summed E-state index contributed by atoms with van der Waals surface area (Å²) in [6, 6.07) is 0. The lowest BCUT2D eigenvalue weighted by molar-refractivity contribution is -0.127. The van der Waals surface area contributed by atoms with Gasteiger partial charge in [0.2, 0.25) is 5.91 Å². The second-order valence-corrected chi connectivity index (χ2v) is 6.91. The van der Waals surface area contributed by atoms with Crippen molar-refractivity contribution in [2.24, 2.45) is 0 Å². The highest BCUT2D eigenvalue weighted by Gasteiger charge is 2.27. The first-order chi connectivity index (χ1) is 8.06. The van der Waals surface area contributed by atoms with Crippen molar-refractivity contribution in [2.75, 3.05) is 13.1 Å². The Morgan fingerprint density at radius 1 is 1.65 bits per heavy atom. The van der Waals surface area contributed by atoms with Crippen LogP contribution in [-0.2, 0) is 11.2 Å². The van der Waals surface area contributed by atoms with Crippen molar-refractivity contribution in [1.82, 2.24) is 9.88 Å². The highest BCUT2D eigenvalue weighted by atomic mass is 79.9. The molecule has 1 saturated heterocycles. The maximum absolute atomic E-state index is 11.6. The zero-order chi connectivity index (χ0) is 12.4. The van der Waals surface area contributed by atoms with Crippen molar-refractivity contribution in [3.05, 3.63) is 16.1 Å². The van der Waals surface area contributed by atoms with E-state index in [2.05, 4.69) is 40.1 Å². The van der Waals surface area contributed by atoms with Gasteiger partial charge in [0.05, 0.1) is 10.7 Å². The molecule has 1 aliphatic rings. The van der Waals surface area contributed by atoms with Gasteiger partial charge in [-0.3, -0.25) is 4.79 Å². The van der Waals surface area contributed by atoms with Crippen LogP contribution in [0.3, 0.4) is 0 Å². The molecule has 3 nitrogen and oxygen atoms in total. The predicted octanol–water partition coefficient (Wildman–Crippen LogP) is 2.80. The van der Waals surface area contributed by atoms with Crippen LogP contribution in [0.4, 0.5) is 0 Å². The smallest absolute Gasteiger partial charge is 0.223 e. The normalized spacial score (nSPS) is 20.6. The van der Waals surface area contributed by atoms with E-state index in [9.17, 15) is 4.79 Å². The third-order valence-corrected chi connectivity index (χ3v) is 4.68. The molecule has 1 aromatic heterocycles. The minimum absolute atomic E-state index is 0.256. The van der Waals surface area contributed by atoms with Crippen molar-refractivity contribution in [3.8, 4) is 0 Å². The lowest BCUT2D eigenvalue weighted by Gasteiger charge is -2.14. The molecule has 1 atom stereocenters. The van der Waals surface area contributed by atoms with Crippen molar-refractivity contribution in [1.29, 1.82) is 0 Å². The van der Waals surface area contributed by atoms with E-state index in [-0.39, 0.29) is 5.91 Å². The van der Waals surface area contributed by atoms with Crippen molar-refractivity contribution >= 4 is 33.2 Å². The molecule has 1 fully saturated rings. The van der Waals surface area contributed by atoms with Gasteiger partial charge < -0.3 is 4.90 Å². The van der Waals surface area contributed by atoms with Gasteiger partial charge in [-0.15, -0.1) is 11.3 Å². The molecule has 2 rings (SSSR count). The summed E-state index contributed by atoms with van der Waals surface area (Å²) in [7, 11) is 0. The second kappa shape index (κ2) is 5.48. The molecule has 5 heteroatoms. The summed E-state index contributed by atoms with van der Waals surface area (Å²) in [6.07, 6.45) is 1.50. The monoisotopic (exact) mass is 316 g/mol. The van der Waals surface area contributed by atoms with Crippen molar-refractivity contribution in [3.63, 3.8) is 0 Å². The quantitative estimate of drug-likeness (QED) is 0.800. The third-order valence-electron chi connectivity index (χ3n) is 2.87. The summed E-state index contributed by atoms with van der Waals surface area (Å²) in [5.74, 6) is 0.750. The van der Waals surface area contributed by atoms with E-state index in [1.165, 1.54) is 5.01 Å². The van der Waals surface area contributed by atoms with E-state index in [1.807, 2.05) is 4.90 Å². The number of aromatic nitrogens is 1. The Morgan fingerprint density at radius 2 is 2.41 bits per heavy atom. The Kier molecular flexibility index (Phi) is 4.20. The number of nitrogens with zero attached hydrogens (tertiary/aromatic N) is 2. The summed E-state index contributed by atoms with van der Waals surface area (Å²) >= 11 is 5.21. The number of thiazole rings is 1. The van der Waals surface area contributed by atoms with E-state index in [0.29, 0.717) is 17.2 Å². The maximum Gasteiger partial charge on any atom is 0.223 e. The van der Waals surface area contributed by atoms with Crippen LogP contribution in [0.2, 0.25) is 0 Å². The molecule has 0 aliphatic carbocycles. The van der Waals surface area contributed by atoms with Gasteiger partial charge in [-0.1, -0.05) is 29.8 Å². The molecule has 17 heavy (non-hydrogen) atoms. The minimum atomic E-state index is 0.256. The van der Waals surface area contributed by atoms with Crippen LogP contribution in [0.1, 0.15) is 36.9 Å². The number of likely N-dealkylation sites (tertiary alicyclic amines) is 1. The van der Waals surface area contributed by atoms with Crippen LogP contribution in [0, 0.1) is 0 Å². The molecule has 1 aliphatic heterocycles. The highest BCUT2D eigenvalue weighted by Crippen LogP contribution is 2.21. The summed E-state index contributed by atoms with van der Waals surface area (Å²) < 4.78 is 0. The number of amides is 1. The summed E-state index contributed by atoms with van der Waals surface area (Å²) in [4.78, 5) is 18.4. The van der Waals surface area contributed by atoms with Gasteiger partial charge in [0.25, 0.3) is 0 Å². The fraction of sp³-hybridized carbons (Fsp3) is 0.667. The zero-order valence-corrected chi connectivity index (χ0v) is 12.6. The van der Waals surface area contributed by atoms with E-state index in [0.717, 1.165) is 25.2 Å². The Hall–Kier alpha value is -0.420. The first-order valence-electron chi connectivity index (χ1n) is 5.92. The van der Waals surface area contributed by atoms with Crippen LogP contribution in [0.15, 0.2) is 5.38 Å². The zero-order valence-electron chi connectivity index (χ0n) is 10.1. The molecule has 0 saturated carbocycles. The molecule has 0 radical (unpaired) electrons. The number of carbonyl (C=O) groups is 1. The van der Waals surface area contributed by atoms with Crippen LogP contribution < -0.4 is 0 Å². The highest BCUT2D eigenvalue weighted by molar-refractivity contribution is 9.09. The SMILES string of the molecule is CC(C)c1nc(CCN2CC(Br)CC2=O)cs1. The largest absolute Gasteiger partial charge is 0.341 e. The molecule has 1 aromatic rings. The van der Waals surface area contributed by atoms with Crippen LogP contribution in [0.5, 0.6) is 0 Å². The fourth-order valence-electron chi connectivity index (χ4n) is 1.89. The molecule has 0 N–H and O–H groups in total. The lowest BCUT2D eigenvalue weighted by Crippen LogP contribution is -2.27. The molecular formula is C12H17BrN2OS. The maximum atomic E-state index is 11.6. The van der Waals surface area contributed by atoms with E-state index < -0.39 is 0 Å². The third kappa shape index (κ3) is 3.28. The van der Waals surface area contributed by atoms with Gasteiger partial charge in [-0.25, -0.2) is 4.98 Å². The molecule has 2 heterocycles. The van der Waals surface area contributed by atoms with Crippen molar-refractivity contribution in [2.45, 2.75) is 37.4 Å². The van der Waals surface area contributed by atoms with Gasteiger partial charge in [0.1, 0.15) is 0 Å². The van der Waals surface area contributed by atoms with Gasteiger partial charge in [0, 0.05) is 42.1 Å². The minimum Gasteiger partial charge on any atom is -0.341 e. The first-order valence-corrected chi connectivity index (χ1v) is 7.72. The number of hydrogen-bond acceptors (Lipinski definition) is 3. The van der Waals surface area contributed by atoms with Gasteiger partial charge in [-0.05, 0) is 0 Å². The Morgan fingerprint density at radius 3 is 2.94 bits per heavy atom. The van der Waals surface area contributed by atoms with E-state index in [1.54, 1.807) is 11.3 Å². The Labute approximate surface area is 114 Å². The van der Waals surface area contributed by atoms with E-state index in [4.69, 9.17) is 0 Å². The number of halogens is 1. The lowest BCUT2D eigenvalue weighted by atomic mass is 10.2. The molecule has 0 aromatic carbocycles.